The first kappa shape index (κ1) is 37.3. The Bertz CT molecular complexity index is 1520. The number of benzene rings is 4. The van der Waals surface area contributed by atoms with Crippen molar-refractivity contribution < 1.29 is 28.5 Å². The first-order chi connectivity index (χ1) is 23.7. The molecule has 2 amide bonds. The fourth-order valence-corrected chi connectivity index (χ4v) is 6.44. The van der Waals surface area contributed by atoms with E-state index in [0.717, 1.165) is 22.3 Å². The number of hydrazine groups is 1. The van der Waals surface area contributed by atoms with Crippen LogP contribution < -0.4 is 10.7 Å². The van der Waals surface area contributed by atoms with Crippen molar-refractivity contribution in [1.29, 1.82) is 0 Å². The van der Waals surface area contributed by atoms with E-state index in [1.54, 1.807) is 5.01 Å². The Hall–Kier alpha value is -4.48. The lowest BCUT2D eigenvalue weighted by Gasteiger charge is -2.34. The van der Waals surface area contributed by atoms with Crippen LogP contribution in [0.15, 0.2) is 121 Å². The number of amides is 2. The summed E-state index contributed by atoms with van der Waals surface area (Å²) in [4.78, 5) is 26.5. The summed E-state index contributed by atoms with van der Waals surface area (Å²) in [5.74, 6) is -0.289. The number of carbonyl (C=O) groups excluding carboxylic acids is 2. The van der Waals surface area contributed by atoms with Crippen LogP contribution in [-0.4, -0.2) is 44.3 Å². The van der Waals surface area contributed by atoms with Crippen LogP contribution in [0.2, 0.25) is 19.6 Å². The zero-order valence-corrected chi connectivity index (χ0v) is 29.9. The topological polar surface area (TPSA) is 98.4 Å². The van der Waals surface area contributed by atoms with E-state index in [9.17, 15) is 9.59 Å². The van der Waals surface area contributed by atoms with Gasteiger partial charge < -0.3 is 24.3 Å². The summed E-state index contributed by atoms with van der Waals surface area (Å²) in [5.41, 5.74) is 6.44. The van der Waals surface area contributed by atoms with Crippen molar-refractivity contribution in [3.63, 3.8) is 0 Å². The molecule has 0 aliphatic heterocycles. The average Bonchev–Trinajstić information content (AvgIpc) is 3.12. The molecule has 4 aromatic rings. The molecule has 0 spiro atoms. The van der Waals surface area contributed by atoms with Crippen LogP contribution in [0, 0.1) is 0 Å². The van der Waals surface area contributed by atoms with Crippen molar-refractivity contribution in [3.8, 4) is 0 Å². The highest BCUT2D eigenvalue weighted by molar-refractivity contribution is 6.77. The largest absolute Gasteiger partial charge is 0.445 e. The van der Waals surface area contributed by atoms with E-state index in [2.05, 4.69) is 42.5 Å². The number of carbonyl (C=O) groups is 2. The summed E-state index contributed by atoms with van der Waals surface area (Å²) >= 11 is 0. The maximum Gasteiger partial charge on any atom is 0.422 e. The van der Waals surface area contributed by atoms with Gasteiger partial charge in [0, 0.05) is 13.2 Å². The van der Waals surface area contributed by atoms with Crippen LogP contribution in [0.5, 0.6) is 0 Å². The van der Waals surface area contributed by atoms with Crippen LogP contribution in [0.3, 0.4) is 0 Å². The average molecular weight is 684 g/mol. The van der Waals surface area contributed by atoms with Gasteiger partial charge in [0.15, 0.2) is 0 Å². The van der Waals surface area contributed by atoms with Gasteiger partial charge in [-0.05, 0) is 42.0 Å². The Balaban J connectivity index is 1.54. The molecule has 10 heteroatoms. The Kier molecular flexibility index (Phi) is 14.9. The minimum atomic E-state index is -1.83. The summed E-state index contributed by atoms with van der Waals surface area (Å²) in [7, 11) is -1.83. The molecule has 0 bridgehead atoms. The third-order valence-corrected chi connectivity index (χ3v) is 9.41. The molecule has 0 aromatic heterocycles. The molecule has 260 valence electrons. The Morgan fingerprint density at radius 1 is 0.694 bits per heavy atom. The first-order valence-electron chi connectivity index (χ1n) is 16.8. The van der Waals surface area contributed by atoms with Gasteiger partial charge in [0.05, 0.1) is 6.10 Å². The van der Waals surface area contributed by atoms with Gasteiger partial charge in [-0.2, -0.15) is 5.01 Å². The second-order valence-corrected chi connectivity index (χ2v) is 17.9. The Morgan fingerprint density at radius 3 is 1.69 bits per heavy atom. The van der Waals surface area contributed by atoms with E-state index in [1.807, 2.05) is 116 Å². The minimum absolute atomic E-state index is 0.0997. The lowest BCUT2D eigenvalue weighted by molar-refractivity contribution is -0.130. The summed E-state index contributed by atoms with van der Waals surface area (Å²) in [6, 6.07) is 38.5. The monoisotopic (exact) mass is 683 g/mol. The number of hydrogen-bond donors (Lipinski definition) is 2. The van der Waals surface area contributed by atoms with Gasteiger partial charge in [-0.3, -0.25) is 5.43 Å². The van der Waals surface area contributed by atoms with Crippen LogP contribution in [0.1, 0.15) is 54.3 Å². The number of rotatable bonds is 18. The Morgan fingerprint density at radius 2 is 1.18 bits per heavy atom. The van der Waals surface area contributed by atoms with E-state index in [-0.39, 0.29) is 25.2 Å². The molecule has 0 radical (unpaired) electrons. The molecule has 0 saturated carbocycles. The maximum absolute atomic E-state index is 13.2. The fraction of sp³-hybridized carbons (Fsp3) is 0.333. The van der Waals surface area contributed by atoms with Crippen molar-refractivity contribution >= 4 is 20.3 Å². The second kappa shape index (κ2) is 19.5. The molecule has 0 heterocycles. The lowest BCUT2D eigenvalue weighted by Crippen LogP contribution is -2.51. The SMILES string of the molecule is CCOC(OC(CCCN(NC(=O)OCc1ccccc1)C(NC(=O)OCc1ccccc1)c1ccccc1)c1ccccc1)[Si](C)(C)C. The van der Waals surface area contributed by atoms with Crippen LogP contribution in [0.25, 0.3) is 0 Å². The summed E-state index contributed by atoms with van der Waals surface area (Å²) < 4.78 is 24.0. The normalized spacial score (nSPS) is 13.2. The molecule has 49 heavy (non-hydrogen) atoms. The van der Waals surface area contributed by atoms with Gasteiger partial charge in [0.25, 0.3) is 0 Å². The predicted molar refractivity (Wildman–Crippen MR) is 194 cm³/mol. The van der Waals surface area contributed by atoms with Gasteiger partial charge in [0.1, 0.15) is 33.4 Å². The molecule has 2 N–H and O–H groups in total. The van der Waals surface area contributed by atoms with Crippen LogP contribution in [0.4, 0.5) is 9.59 Å². The highest BCUT2D eigenvalue weighted by atomic mass is 28.3. The van der Waals surface area contributed by atoms with E-state index in [0.29, 0.717) is 26.0 Å². The van der Waals surface area contributed by atoms with Gasteiger partial charge in [0.2, 0.25) is 0 Å². The van der Waals surface area contributed by atoms with Crippen molar-refractivity contribution in [2.45, 2.75) is 70.8 Å². The molecular formula is C39H49N3O6Si. The predicted octanol–water partition coefficient (Wildman–Crippen LogP) is 8.53. The summed E-state index contributed by atoms with van der Waals surface area (Å²) in [6.45, 7) is 9.80. The fourth-order valence-electron chi connectivity index (χ4n) is 5.20. The van der Waals surface area contributed by atoms with Gasteiger partial charge in [-0.15, -0.1) is 0 Å². The molecular weight excluding hydrogens is 635 g/mol. The number of nitrogens with one attached hydrogen (secondary N) is 2. The van der Waals surface area contributed by atoms with Crippen LogP contribution >= 0.6 is 0 Å². The number of alkyl carbamates (subject to hydrolysis) is 1. The van der Waals surface area contributed by atoms with E-state index in [1.165, 1.54) is 0 Å². The number of ether oxygens (including phenoxy) is 4. The smallest absolute Gasteiger partial charge is 0.422 e. The van der Waals surface area contributed by atoms with Crippen molar-refractivity contribution in [2.75, 3.05) is 13.2 Å². The molecule has 4 aromatic carbocycles. The maximum atomic E-state index is 13.2. The molecule has 0 aliphatic rings. The van der Waals surface area contributed by atoms with E-state index < -0.39 is 26.4 Å². The van der Waals surface area contributed by atoms with E-state index in [4.69, 9.17) is 18.9 Å². The summed E-state index contributed by atoms with van der Waals surface area (Å²) in [5, 5.41) is 4.66. The molecule has 9 nitrogen and oxygen atoms in total. The molecule has 3 unspecified atom stereocenters. The molecule has 0 saturated heterocycles. The molecule has 0 fully saturated rings. The third kappa shape index (κ3) is 12.8. The van der Waals surface area contributed by atoms with Crippen molar-refractivity contribution in [1.82, 2.24) is 15.8 Å². The van der Waals surface area contributed by atoms with E-state index >= 15 is 0 Å². The quantitative estimate of drug-likeness (QED) is 0.0616. The van der Waals surface area contributed by atoms with Gasteiger partial charge in [-0.25, -0.2) is 9.59 Å². The molecule has 0 aliphatic carbocycles. The highest BCUT2D eigenvalue weighted by Gasteiger charge is 2.32. The second-order valence-electron chi connectivity index (χ2n) is 12.7. The van der Waals surface area contributed by atoms with Crippen molar-refractivity contribution in [3.05, 3.63) is 144 Å². The van der Waals surface area contributed by atoms with Crippen molar-refractivity contribution in [2.24, 2.45) is 0 Å². The molecule has 3 atom stereocenters. The van der Waals surface area contributed by atoms with Gasteiger partial charge in [-0.1, -0.05) is 141 Å². The number of nitrogens with zero attached hydrogens (tertiary/aromatic N) is 1. The first-order valence-corrected chi connectivity index (χ1v) is 20.4. The summed E-state index contributed by atoms with van der Waals surface area (Å²) in [6.07, 6.45) is -1.03. The number of hydrogen-bond acceptors (Lipinski definition) is 7. The zero-order valence-electron chi connectivity index (χ0n) is 28.9. The minimum Gasteiger partial charge on any atom is -0.445 e. The van der Waals surface area contributed by atoms with Gasteiger partial charge >= 0.3 is 12.2 Å². The lowest BCUT2D eigenvalue weighted by atomic mass is 10.0. The Labute approximate surface area is 291 Å². The van der Waals surface area contributed by atoms with Crippen LogP contribution in [-0.2, 0) is 32.2 Å². The standard InChI is InChI=1S/C39H49N3O6Si/c1-5-45-39(49(2,3)4)48-35(33-23-14-8-15-24-33)27-18-28-42(41-38(44)47-30-32-21-12-7-13-22-32)36(34-25-16-9-17-26-34)40-37(43)46-29-31-19-10-6-11-20-31/h6-17,19-26,35-36,39H,5,18,27-30H2,1-4H3,(H,40,43)(H,41,44). The molecule has 4 rings (SSSR count). The zero-order chi connectivity index (χ0) is 34.9. The highest BCUT2D eigenvalue weighted by Crippen LogP contribution is 2.29. The third-order valence-electron chi connectivity index (χ3n) is 7.69.